The third kappa shape index (κ3) is 10.9. The lowest BCUT2D eigenvalue weighted by molar-refractivity contribution is -0.141. The largest absolute Gasteiger partial charge is 0.349 e. The highest BCUT2D eigenvalue weighted by molar-refractivity contribution is 6.38. The van der Waals surface area contributed by atoms with E-state index in [2.05, 4.69) is 26.6 Å². The lowest BCUT2D eigenvalue weighted by Crippen LogP contribution is -2.59. The smallest absolute Gasteiger partial charge is 0.289 e. The van der Waals surface area contributed by atoms with Crippen molar-refractivity contribution < 1.29 is 28.8 Å². The van der Waals surface area contributed by atoms with E-state index in [0.29, 0.717) is 0 Å². The Balaban J connectivity index is 2.98. The summed E-state index contributed by atoms with van der Waals surface area (Å²) in [5.41, 5.74) is 0. The molecule has 0 bridgehead atoms. The lowest BCUT2D eigenvalue weighted by atomic mass is 9.95. The zero-order chi connectivity index (χ0) is 29.9. The maximum atomic E-state index is 13.2. The normalized spacial score (nSPS) is 17.0. The van der Waals surface area contributed by atoms with Crippen LogP contribution in [0.4, 0.5) is 0 Å². The molecule has 0 aliphatic heterocycles. The molecule has 222 valence electrons. The van der Waals surface area contributed by atoms with Crippen molar-refractivity contribution in [3.05, 3.63) is 0 Å². The molecule has 1 aliphatic carbocycles. The highest BCUT2D eigenvalue weighted by Crippen LogP contribution is 2.17. The molecular formula is C27H48N6O6. The molecule has 4 atom stereocenters. The van der Waals surface area contributed by atoms with Crippen LogP contribution < -0.4 is 26.6 Å². The highest BCUT2D eigenvalue weighted by atomic mass is 16.2. The Kier molecular flexibility index (Phi) is 14.1. The zero-order valence-electron chi connectivity index (χ0n) is 24.7. The summed E-state index contributed by atoms with van der Waals surface area (Å²) in [6.07, 6.45) is 4.31. The van der Waals surface area contributed by atoms with E-state index in [-0.39, 0.29) is 30.2 Å². The first kappa shape index (κ1) is 34.0. The monoisotopic (exact) mass is 552 g/mol. The van der Waals surface area contributed by atoms with Crippen LogP contribution in [-0.2, 0) is 28.8 Å². The standard InChI is InChI=1S/C27H48N6O6/c1-15(2)21(28-6)25(37)32-22(16(3)4)26(38)31-19(14-20(34)33(7)8)24(36)29-17(5)23(35)27(39)30-18-12-10-9-11-13-18/h15-19,21-22,28H,9-14H2,1-8H3,(H,29,36)(H,30,39)(H,31,38)(H,32,37)/t17?,19-,21-,22?/m0/s1. The van der Waals surface area contributed by atoms with Crippen LogP contribution >= 0.6 is 0 Å². The van der Waals surface area contributed by atoms with E-state index in [1.807, 2.05) is 13.8 Å². The minimum absolute atomic E-state index is 0.0311. The van der Waals surface area contributed by atoms with Gasteiger partial charge in [-0.15, -0.1) is 0 Å². The number of carbonyl (C=O) groups excluding carboxylic acids is 6. The van der Waals surface area contributed by atoms with Crippen LogP contribution in [0.1, 0.15) is 73.1 Å². The van der Waals surface area contributed by atoms with Gasteiger partial charge >= 0.3 is 0 Å². The van der Waals surface area contributed by atoms with Gasteiger partial charge in [-0.2, -0.15) is 0 Å². The molecule has 0 spiro atoms. The number of hydrogen-bond donors (Lipinski definition) is 5. The number of amides is 5. The van der Waals surface area contributed by atoms with E-state index in [9.17, 15) is 28.8 Å². The van der Waals surface area contributed by atoms with Gasteiger partial charge < -0.3 is 31.5 Å². The Hall–Kier alpha value is -3.02. The molecule has 0 aromatic carbocycles. The summed E-state index contributed by atoms with van der Waals surface area (Å²) in [4.78, 5) is 78.0. The Morgan fingerprint density at radius 2 is 1.28 bits per heavy atom. The summed E-state index contributed by atoms with van der Waals surface area (Å²) in [7, 11) is 4.68. The summed E-state index contributed by atoms with van der Waals surface area (Å²) < 4.78 is 0. The molecule has 0 radical (unpaired) electrons. The molecule has 0 heterocycles. The van der Waals surface area contributed by atoms with Crippen LogP contribution in [0.2, 0.25) is 0 Å². The highest BCUT2D eigenvalue weighted by Gasteiger charge is 2.34. The van der Waals surface area contributed by atoms with Gasteiger partial charge in [0, 0.05) is 20.1 Å². The molecule has 2 unspecified atom stereocenters. The first-order chi connectivity index (χ1) is 18.2. The first-order valence-electron chi connectivity index (χ1n) is 13.8. The molecule has 1 fully saturated rings. The predicted molar refractivity (Wildman–Crippen MR) is 147 cm³/mol. The molecule has 0 aromatic heterocycles. The number of carbonyl (C=O) groups is 6. The second-order valence-electron chi connectivity index (χ2n) is 11.2. The third-order valence-corrected chi connectivity index (χ3v) is 6.93. The SMILES string of the molecule is CN[C@H](C(=O)NC(C(=O)N[C@@H](CC(=O)N(C)C)C(=O)NC(C)C(=O)C(=O)NC1CCCCC1)C(C)C)C(C)C. The van der Waals surface area contributed by atoms with Crippen molar-refractivity contribution in [2.24, 2.45) is 11.8 Å². The fraction of sp³-hybridized carbons (Fsp3) is 0.778. The second-order valence-corrected chi connectivity index (χ2v) is 11.2. The molecule has 0 aromatic rings. The lowest BCUT2D eigenvalue weighted by Gasteiger charge is -2.28. The Morgan fingerprint density at radius 1 is 0.744 bits per heavy atom. The molecular weight excluding hydrogens is 504 g/mol. The molecule has 5 N–H and O–H groups in total. The van der Waals surface area contributed by atoms with Crippen molar-refractivity contribution >= 4 is 35.3 Å². The first-order valence-corrected chi connectivity index (χ1v) is 13.8. The van der Waals surface area contributed by atoms with Gasteiger partial charge in [-0.3, -0.25) is 28.8 Å². The van der Waals surface area contributed by atoms with Crippen molar-refractivity contribution in [2.45, 2.75) is 103 Å². The van der Waals surface area contributed by atoms with Gasteiger partial charge in [0.05, 0.1) is 18.5 Å². The third-order valence-electron chi connectivity index (χ3n) is 6.93. The van der Waals surface area contributed by atoms with Crippen molar-refractivity contribution in [3.63, 3.8) is 0 Å². The molecule has 39 heavy (non-hydrogen) atoms. The number of rotatable bonds is 14. The van der Waals surface area contributed by atoms with Gasteiger partial charge in [-0.1, -0.05) is 47.0 Å². The van der Waals surface area contributed by atoms with Crippen LogP contribution in [0.25, 0.3) is 0 Å². The molecule has 1 aliphatic rings. The van der Waals surface area contributed by atoms with Gasteiger partial charge in [0.15, 0.2) is 0 Å². The summed E-state index contributed by atoms with van der Waals surface area (Å²) in [5.74, 6) is -4.15. The van der Waals surface area contributed by atoms with E-state index in [0.717, 1.165) is 32.1 Å². The van der Waals surface area contributed by atoms with Gasteiger partial charge in [0.1, 0.15) is 12.1 Å². The van der Waals surface area contributed by atoms with Gasteiger partial charge in [0.2, 0.25) is 29.4 Å². The van der Waals surface area contributed by atoms with Gasteiger partial charge in [0.25, 0.3) is 5.91 Å². The number of ketones is 1. The molecule has 1 rings (SSSR count). The van der Waals surface area contributed by atoms with E-state index in [1.165, 1.54) is 25.9 Å². The van der Waals surface area contributed by atoms with Crippen molar-refractivity contribution in [3.8, 4) is 0 Å². The molecule has 0 saturated heterocycles. The van der Waals surface area contributed by atoms with Crippen LogP contribution in [0.5, 0.6) is 0 Å². The number of hydrogen-bond acceptors (Lipinski definition) is 7. The van der Waals surface area contributed by atoms with E-state index < -0.39 is 53.6 Å². The fourth-order valence-electron chi connectivity index (χ4n) is 4.45. The van der Waals surface area contributed by atoms with Crippen molar-refractivity contribution in [1.29, 1.82) is 0 Å². The zero-order valence-corrected chi connectivity index (χ0v) is 24.7. The van der Waals surface area contributed by atoms with Crippen LogP contribution in [-0.4, -0.2) is 91.6 Å². The number of Topliss-reactive ketones (excluding diaryl/α,β-unsaturated/α-hetero) is 1. The van der Waals surface area contributed by atoms with E-state index >= 15 is 0 Å². The summed E-state index contributed by atoms with van der Waals surface area (Å²) in [6, 6.07) is -4.06. The minimum atomic E-state index is -1.33. The summed E-state index contributed by atoms with van der Waals surface area (Å²) in [5, 5.41) is 13.4. The van der Waals surface area contributed by atoms with Crippen LogP contribution in [0.15, 0.2) is 0 Å². The van der Waals surface area contributed by atoms with Gasteiger partial charge in [-0.05, 0) is 38.6 Å². The Morgan fingerprint density at radius 3 is 1.77 bits per heavy atom. The molecule has 12 heteroatoms. The average molecular weight is 553 g/mol. The Labute approximate surface area is 232 Å². The van der Waals surface area contributed by atoms with E-state index in [1.54, 1.807) is 20.9 Å². The number of nitrogens with zero attached hydrogens (tertiary/aromatic N) is 1. The minimum Gasteiger partial charge on any atom is -0.349 e. The molecule has 12 nitrogen and oxygen atoms in total. The maximum Gasteiger partial charge on any atom is 0.289 e. The van der Waals surface area contributed by atoms with Crippen molar-refractivity contribution in [2.75, 3.05) is 21.1 Å². The average Bonchev–Trinajstić information content (AvgIpc) is 2.86. The quantitative estimate of drug-likeness (QED) is 0.187. The number of likely N-dealkylation sites (N-methyl/N-ethyl adjacent to an activating group) is 1. The topological polar surface area (TPSA) is 166 Å². The maximum absolute atomic E-state index is 13.2. The van der Waals surface area contributed by atoms with E-state index in [4.69, 9.17) is 0 Å². The van der Waals surface area contributed by atoms with Crippen LogP contribution in [0, 0.1) is 11.8 Å². The van der Waals surface area contributed by atoms with Crippen molar-refractivity contribution in [1.82, 2.24) is 31.5 Å². The predicted octanol–water partition coefficient (Wildman–Crippen LogP) is -0.143. The molecule has 5 amide bonds. The summed E-state index contributed by atoms with van der Waals surface area (Å²) >= 11 is 0. The molecule has 1 saturated carbocycles. The number of nitrogens with one attached hydrogen (secondary N) is 5. The second kappa shape index (κ2) is 16.2. The summed E-state index contributed by atoms with van der Waals surface area (Å²) in [6.45, 7) is 8.63. The van der Waals surface area contributed by atoms with Crippen LogP contribution in [0.3, 0.4) is 0 Å². The van der Waals surface area contributed by atoms with Gasteiger partial charge in [-0.25, -0.2) is 0 Å². The Bertz CT molecular complexity index is 884. The fourth-order valence-corrected chi connectivity index (χ4v) is 4.45.